The van der Waals surface area contributed by atoms with Gasteiger partial charge in [0, 0.05) is 0 Å². The van der Waals surface area contributed by atoms with Crippen LogP contribution in [0.2, 0.25) is 0 Å². The van der Waals surface area contributed by atoms with Crippen molar-refractivity contribution in [2.24, 2.45) is 0 Å². The number of carbonyl (C=O) groups excluding carboxylic acids is 2. The van der Waals surface area contributed by atoms with Gasteiger partial charge < -0.3 is 0 Å². The zero-order valence-corrected chi connectivity index (χ0v) is 18.9. The Bertz CT molecular complexity index is 1040. The molecule has 0 saturated carbocycles. The first-order chi connectivity index (χ1) is 18.2. The highest BCUT2D eigenvalue weighted by molar-refractivity contribution is 6.01. The molecule has 0 rings (SSSR count). The Kier molecular flexibility index (Phi) is 10.3. The van der Waals surface area contributed by atoms with Gasteiger partial charge in [-0.1, -0.05) is 0 Å². The van der Waals surface area contributed by atoms with Crippen LogP contribution >= 0.6 is 0 Å². The number of carbonyl (C=O) groups is 2. The van der Waals surface area contributed by atoms with Crippen molar-refractivity contribution in [3.8, 4) is 0 Å². The molecule has 3 atom stereocenters. The number of ether oxygens (including phenoxy) is 3. The molecule has 256 valence electrons. The minimum Gasteiger partial charge on any atom is -0.300 e. The molecular formula is C15H5F23O5. The fraction of sp³-hybridized carbons (Fsp3) is 0.867. The van der Waals surface area contributed by atoms with Gasteiger partial charge in [-0.05, 0) is 6.92 Å². The summed E-state index contributed by atoms with van der Waals surface area (Å²) in [4.78, 5) is 21.9. The second-order valence-corrected chi connectivity index (χ2v) is 7.51. The summed E-state index contributed by atoms with van der Waals surface area (Å²) in [6.45, 7) is 0.0434. The van der Waals surface area contributed by atoms with Crippen molar-refractivity contribution in [3.63, 3.8) is 0 Å². The average Bonchev–Trinajstić information content (AvgIpc) is 2.68. The topological polar surface area (TPSA) is 61.8 Å². The summed E-state index contributed by atoms with van der Waals surface area (Å²) in [7, 11) is 0. The minimum atomic E-state index is -8.77. The predicted octanol–water partition coefficient (Wildman–Crippen LogP) is 7.24. The molecule has 0 radical (unpaired) electrons. The van der Waals surface area contributed by atoms with Crippen molar-refractivity contribution < 1.29 is 125 Å². The lowest BCUT2D eigenvalue weighted by atomic mass is 10.1. The van der Waals surface area contributed by atoms with Gasteiger partial charge in [-0.25, -0.2) is 0 Å². The lowest BCUT2D eigenvalue weighted by Gasteiger charge is -2.42. The summed E-state index contributed by atoms with van der Waals surface area (Å²) in [5.41, 5.74) is 0. The molecule has 0 aromatic carbocycles. The number of rotatable bonds is 12. The molecule has 28 heteroatoms. The van der Waals surface area contributed by atoms with Crippen LogP contribution in [0, 0.1) is 0 Å². The quantitative estimate of drug-likeness (QED) is 0.159. The lowest BCUT2D eigenvalue weighted by molar-refractivity contribution is -0.577. The van der Waals surface area contributed by atoms with Gasteiger partial charge in [0.2, 0.25) is 5.78 Å². The normalized spacial score (nSPS) is 19.3. The number of halogens is 23. The Morgan fingerprint density at radius 1 is 0.442 bits per heavy atom. The standard InChI is InChI=1S/C15H5F23O5/c1-3(39)2-4(40)5(16,9(21,22)23)41-14(35,36)7(19,11(27,28)29)43-15(37,38)8(20,12(30,31)32)42-13(33,34)6(17,18)10(24,25)26/h2H2,1H3. The predicted molar refractivity (Wildman–Crippen MR) is 79.1 cm³/mol. The number of alkyl halides is 23. The number of hydrogen-bond donors (Lipinski definition) is 0. The third-order valence-electron chi connectivity index (χ3n) is 4.14. The summed E-state index contributed by atoms with van der Waals surface area (Å²) in [6, 6.07) is 0. The molecule has 0 aliphatic carbocycles. The van der Waals surface area contributed by atoms with Crippen LogP contribution in [0.25, 0.3) is 0 Å². The van der Waals surface area contributed by atoms with E-state index in [1.807, 2.05) is 0 Å². The maximum absolute atomic E-state index is 14.3. The van der Waals surface area contributed by atoms with Crippen LogP contribution in [0.3, 0.4) is 0 Å². The van der Waals surface area contributed by atoms with E-state index in [1.165, 1.54) is 0 Å². The SMILES string of the molecule is CC(=O)CC(=O)C(F)(OC(F)(F)C(F)(OC(F)(F)C(F)(OC(F)(F)C(F)(F)C(F)(F)F)C(F)(F)F)C(F)(F)F)C(F)(F)F. The molecule has 5 nitrogen and oxygen atoms in total. The molecule has 0 N–H and O–H groups in total. The van der Waals surface area contributed by atoms with Gasteiger partial charge in [0.15, 0.2) is 0 Å². The van der Waals surface area contributed by atoms with E-state index >= 15 is 0 Å². The van der Waals surface area contributed by atoms with Gasteiger partial charge >= 0.3 is 66.5 Å². The monoisotopic (exact) mass is 702 g/mol. The summed E-state index contributed by atoms with van der Waals surface area (Å²) in [5, 5.41) is 0. The Morgan fingerprint density at radius 2 is 0.744 bits per heavy atom. The molecule has 0 aromatic rings. The van der Waals surface area contributed by atoms with Crippen LogP contribution in [0.15, 0.2) is 0 Å². The second-order valence-electron chi connectivity index (χ2n) is 7.51. The Balaban J connectivity index is 7.34. The Hall–Kier alpha value is -2.39. The molecular weight excluding hydrogens is 697 g/mol. The van der Waals surface area contributed by atoms with E-state index in [4.69, 9.17) is 0 Å². The zero-order chi connectivity index (χ0) is 35.5. The highest BCUT2D eigenvalue weighted by Gasteiger charge is 2.88. The molecule has 0 saturated heterocycles. The van der Waals surface area contributed by atoms with E-state index in [0.29, 0.717) is 0 Å². The van der Waals surface area contributed by atoms with Crippen LogP contribution < -0.4 is 0 Å². The van der Waals surface area contributed by atoms with Crippen molar-refractivity contribution in [1.29, 1.82) is 0 Å². The maximum atomic E-state index is 14.3. The van der Waals surface area contributed by atoms with E-state index < -0.39 is 84.5 Å². The number of Topliss-reactive ketones (excluding diaryl/α,β-unsaturated/α-hetero) is 2. The lowest BCUT2D eigenvalue weighted by Crippen LogP contribution is -2.70. The van der Waals surface area contributed by atoms with Crippen molar-refractivity contribution in [1.82, 2.24) is 0 Å². The van der Waals surface area contributed by atoms with Crippen LogP contribution in [-0.2, 0) is 23.8 Å². The molecule has 43 heavy (non-hydrogen) atoms. The van der Waals surface area contributed by atoms with E-state index in [9.17, 15) is 111 Å². The van der Waals surface area contributed by atoms with Crippen molar-refractivity contribution in [3.05, 3.63) is 0 Å². The van der Waals surface area contributed by atoms with Gasteiger partial charge in [0.05, 0.1) is 6.42 Å². The van der Waals surface area contributed by atoms with Crippen LogP contribution in [0.4, 0.5) is 101 Å². The van der Waals surface area contributed by atoms with E-state index in [0.717, 1.165) is 9.47 Å². The smallest absolute Gasteiger partial charge is 0.300 e. The highest BCUT2D eigenvalue weighted by atomic mass is 19.4. The first kappa shape index (κ1) is 40.6. The van der Waals surface area contributed by atoms with Gasteiger partial charge in [0.25, 0.3) is 0 Å². The first-order valence-corrected chi connectivity index (χ1v) is 9.19. The second kappa shape index (κ2) is 10.9. The molecule has 0 spiro atoms. The van der Waals surface area contributed by atoms with E-state index in [2.05, 4.69) is 0 Å². The van der Waals surface area contributed by atoms with Gasteiger partial charge in [-0.15, -0.1) is 0 Å². The summed E-state index contributed by atoms with van der Waals surface area (Å²) >= 11 is 0. The van der Waals surface area contributed by atoms with Gasteiger partial charge in [0.1, 0.15) is 5.78 Å². The molecule has 0 amide bonds. The average molecular weight is 702 g/mol. The molecule has 0 aliphatic rings. The summed E-state index contributed by atoms with van der Waals surface area (Å²) < 4.78 is 306. The van der Waals surface area contributed by atoms with E-state index in [1.54, 1.807) is 4.74 Å². The fourth-order valence-electron chi connectivity index (χ4n) is 2.07. The summed E-state index contributed by atoms with van der Waals surface area (Å²) in [6.07, 6.45) is -60.3. The molecule has 0 bridgehead atoms. The molecule has 0 aliphatic heterocycles. The highest BCUT2D eigenvalue weighted by Crippen LogP contribution is 2.59. The van der Waals surface area contributed by atoms with Crippen LogP contribution in [0.1, 0.15) is 13.3 Å². The first-order valence-electron chi connectivity index (χ1n) is 9.19. The van der Waals surface area contributed by atoms with Crippen molar-refractivity contribution >= 4 is 11.6 Å². The molecule has 0 aromatic heterocycles. The van der Waals surface area contributed by atoms with Crippen molar-refractivity contribution in [2.75, 3.05) is 0 Å². The minimum absolute atomic E-state index is 0.0434. The van der Waals surface area contributed by atoms with E-state index in [-0.39, 0.29) is 6.92 Å². The third-order valence-corrected chi connectivity index (χ3v) is 4.14. The number of hydrogen-bond acceptors (Lipinski definition) is 5. The fourth-order valence-corrected chi connectivity index (χ4v) is 2.07. The number of ketones is 2. The van der Waals surface area contributed by atoms with Crippen LogP contribution in [-0.4, -0.2) is 78.1 Å². The molecule has 0 heterocycles. The maximum Gasteiger partial charge on any atom is 0.462 e. The Labute approximate surface area is 217 Å². The van der Waals surface area contributed by atoms with Gasteiger partial charge in [-0.3, -0.25) is 23.8 Å². The summed E-state index contributed by atoms with van der Waals surface area (Å²) in [5.74, 6) is -38.4. The largest absolute Gasteiger partial charge is 0.462 e. The van der Waals surface area contributed by atoms with Gasteiger partial charge in [-0.2, -0.15) is 101 Å². The molecule has 3 unspecified atom stereocenters. The Morgan fingerprint density at radius 3 is 1.00 bits per heavy atom. The van der Waals surface area contributed by atoms with Crippen molar-refractivity contribution in [2.45, 2.75) is 79.9 Å². The van der Waals surface area contributed by atoms with Crippen LogP contribution in [0.5, 0.6) is 0 Å². The third kappa shape index (κ3) is 7.14. The zero-order valence-electron chi connectivity index (χ0n) is 18.9. The molecule has 0 fully saturated rings.